The third-order valence-corrected chi connectivity index (χ3v) is 3.06. The van der Waals surface area contributed by atoms with Crippen molar-refractivity contribution in [2.45, 2.75) is 45.1 Å². The second-order valence-corrected chi connectivity index (χ2v) is 6.02. The number of aliphatic hydroxyl groups excluding tert-OH is 1. The van der Waals surface area contributed by atoms with E-state index in [4.69, 9.17) is 9.15 Å². The van der Waals surface area contributed by atoms with Gasteiger partial charge in [-0.3, -0.25) is 0 Å². The molecule has 1 aliphatic rings. The first-order chi connectivity index (χ1) is 9.35. The molecule has 0 aromatic carbocycles. The number of ether oxygens (including phenoxy) is 1. The molecule has 6 heteroatoms. The lowest BCUT2D eigenvalue weighted by atomic mass is 10.2. The van der Waals surface area contributed by atoms with E-state index < -0.39 is 11.7 Å². The number of β-amino-alcohol motifs (C(OH)–C–C–N with tert-alkyl or cyclic N) is 1. The third-order valence-electron chi connectivity index (χ3n) is 3.06. The number of carbonyl (C=O) groups is 1. The highest BCUT2D eigenvalue weighted by atomic mass is 16.6. The number of carbonyl (C=O) groups excluding carboxylic acids is 1. The zero-order chi connectivity index (χ0) is 14.8. The van der Waals surface area contributed by atoms with Gasteiger partial charge in [0.15, 0.2) is 0 Å². The average Bonchev–Trinajstić information content (AvgIpc) is 2.93. The molecule has 1 aromatic rings. The summed E-state index contributed by atoms with van der Waals surface area (Å²) >= 11 is 0. The molecule has 112 valence electrons. The highest BCUT2D eigenvalue weighted by molar-refractivity contribution is 5.68. The van der Waals surface area contributed by atoms with Gasteiger partial charge in [-0.05, 0) is 32.9 Å². The highest BCUT2D eigenvalue weighted by Gasteiger charge is 2.35. The Morgan fingerprint density at radius 1 is 1.55 bits per heavy atom. The Morgan fingerprint density at radius 3 is 2.90 bits per heavy atom. The van der Waals surface area contributed by atoms with Crippen molar-refractivity contribution in [3.8, 4) is 0 Å². The number of amides is 1. The van der Waals surface area contributed by atoms with Crippen LogP contribution in [0.4, 0.5) is 4.79 Å². The van der Waals surface area contributed by atoms with Crippen LogP contribution >= 0.6 is 0 Å². The smallest absolute Gasteiger partial charge is 0.410 e. The predicted molar refractivity (Wildman–Crippen MR) is 73.1 cm³/mol. The van der Waals surface area contributed by atoms with Crippen LogP contribution in [0.2, 0.25) is 0 Å². The van der Waals surface area contributed by atoms with Crippen molar-refractivity contribution >= 4 is 6.09 Å². The summed E-state index contributed by atoms with van der Waals surface area (Å²) in [5.74, 6) is 0.799. The molecule has 2 atom stereocenters. The molecule has 2 rings (SSSR count). The van der Waals surface area contributed by atoms with Gasteiger partial charge in [0.05, 0.1) is 31.5 Å². The van der Waals surface area contributed by atoms with Crippen molar-refractivity contribution in [2.24, 2.45) is 0 Å². The molecular formula is C14H22N2O4. The van der Waals surface area contributed by atoms with Gasteiger partial charge in [-0.25, -0.2) is 4.79 Å². The minimum Gasteiger partial charge on any atom is -0.468 e. The Morgan fingerprint density at radius 2 is 2.30 bits per heavy atom. The van der Waals surface area contributed by atoms with Crippen LogP contribution in [-0.4, -0.2) is 46.9 Å². The number of nitrogens with zero attached hydrogens (tertiary/aromatic N) is 1. The maximum absolute atomic E-state index is 11.9. The van der Waals surface area contributed by atoms with E-state index in [1.807, 2.05) is 32.9 Å². The summed E-state index contributed by atoms with van der Waals surface area (Å²) < 4.78 is 10.5. The van der Waals surface area contributed by atoms with Gasteiger partial charge in [0.2, 0.25) is 0 Å². The van der Waals surface area contributed by atoms with Gasteiger partial charge in [0.1, 0.15) is 11.4 Å². The molecule has 2 N–H and O–H groups in total. The van der Waals surface area contributed by atoms with E-state index in [0.29, 0.717) is 13.1 Å². The van der Waals surface area contributed by atoms with Gasteiger partial charge in [-0.1, -0.05) is 0 Å². The Bertz CT molecular complexity index is 439. The largest absolute Gasteiger partial charge is 0.468 e. The van der Waals surface area contributed by atoms with Gasteiger partial charge in [-0.15, -0.1) is 0 Å². The molecule has 6 nitrogen and oxygen atoms in total. The van der Waals surface area contributed by atoms with Crippen LogP contribution < -0.4 is 5.32 Å². The molecular weight excluding hydrogens is 260 g/mol. The molecule has 1 saturated heterocycles. The lowest BCUT2D eigenvalue weighted by Gasteiger charge is -2.24. The molecule has 0 saturated carbocycles. The van der Waals surface area contributed by atoms with Crippen LogP contribution in [-0.2, 0) is 11.3 Å². The van der Waals surface area contributed by atoms with Gasteiger partial charge in [0, 0.05) is 6.54 Å². The summed E-state index contributed by atoms with van der Waals surface area (Å²) in [5, 5.41) is 13.2. The minimum atomic E-state index is -0.600. The van der Waals surface area contributed by atoms with E-state index in [0.717, 1.165) is 5.76 Å². The second-order valence-electron chi connectivity index (χ2n) is 6.02. The van der Waals surface area contributed by atoms with Crippen molar-refractivity contribution in [3.63, 3.8) is 0 Å². The first kappa shape index (κ1) is 14.9. The summed E-state index contributed by atoms with van der Waals surface area (Å²) in [5.41, 5.74) is -0.526. The fraction of sp³-hybridized carbons (Fsp3) is 0.643. The monoisotopic (exact) mass is 282 g/mol. The van der Waals surface area contributed by atoms with Crippen LogP contribution in [0, 0.1) is 0 Å². The lowest BCUT2D eigenvalue weighted by molar-refractivity contribution is 0.0270. The third kappa shape index (κ3) is 3.98. The maximum atomic E-state index is 11.9. The van der Waals surface area contributed by atoms with Crippen molar-refractivity contribution in [3.05, 3.63) is 24.2 Å². The van der Waals surface area contributed by atoms with Crippen molar-refractivity contribution in [2.75, 3.05) is 13.1 Å². The molecule has 0 aliphatic carbocycles. The van der Waals surface area contributed by atoms with Gasteiger partial charge >= 0.3 is 6.09 Å². The molecule has 1 amide bonds. The Balaban J connectivity index is 1.84. The number of rotatable bonds is 3. The van der Waals surface area contributed by atoms with Gasteiger partial charge < -0.3 is 24.5 Å². The molecule has 1 fully saturated rings. The molecule has 0 unspecified atom stereocenters. The maximum Gasteiger partial charge on any atom is 0.410 e. The summed E-state index contributed by atoms with van der Waals surface area (Å²) in [4.78, 5) is 13.5. The van der Waals surface area contributed by atoms with Crippen LogP contribution in [0.1, 0.15) is 26.5 Å². The number of likely N-dealkylation sites (tertiary alicyclic amines) is 1. The van der Waals surface area contributed by atoms with E-state index >= 15 is 0 Å². The Kier molecular flexibility index (Phi) is 4.35. The van der Waals surface area contributed by atoms with E-state index in [1.54, 1.807) is 6.26 Å². The van der Waals surface area contributed by atoms with Crippen molar-refractivity contribution in [1.29, 1.82) is 0 Å². The number of hydrogen-bond donors (Lipinski definition) is 2. The SMILES string of the molecule is CC(C)(C)OC(=O)N1C[C@@H](O)[C@H](NCc2ccco2)C1. The molecule has 2 heterocycles. The van der Waals surface area contributed by atoms with E-state index in [2.05, 4.69) is 5.32 Å². The average molecular weight is 282 g/mol. The van der Waals surface area contributed by atoms with E-state index in [1.165, 1.54) is 4.90 Å². The number of nitrogens with one attached hydrogen (secondary N) is 1. The predicted octanol–water partition coefficient (Wildman–Crippen LogP) is 1.35. The molecule has 1 aliphatic heterocycles. The van der Waals surface area contributed by atoms with Gasteiger partial charge in [0.25, 0.3) is 0 Å². The van der Waals surface area contributed by atoms with Crippen molar-refractivity contribution < 1.29 is 19.1 Å². The fourth-order valence-electron chi connectivity index (χ4n) is 2.11. The Labute approximate surface area is 118 Å². The number of furan rings is 1. The zero-order valence-corrected chi connectivity index (χ0v) is 12.1. The standard InChI is InChI=1S/C14H22N2O4/c1-14(2,3)20-13(18)16-8-11(12(17)9-16)15-7-10-5-4-6-19-10/h4-6,11-12,15,17H,7-9H2,1-3H3/t11-,12-/m1/s1. The summed E-state index contributed by atoms with van der Waals surface area (Å²) in [6, 6.07) is 3.50. The zero-order valence-electron chi connectivity index (χ0n) is 12.1. The highest BCUT2D eigenvalue weighted by Crippen LogP contribution is 2.16. The molecule has 20 heavy (non-hydrogen) atoms. The molecule has 1 aromatic heterocycles. The van der Waals surface area contributed by atoms with Crippen LogP contribution in [0.25, 0.3) is 0 Å². The summed E-state index contributed by atoms with van der Waals surface area (Å²) in [7, 11) is 0. The molecule has 0 radical (unpaired) electrons. The van der Waals surface area contributed by atoms with Crippen LogP contribution in [0.5, 0.6) is 0 Å². The normalized spacial score (nSPS) is 23.1. The Hall–Kier alpha value is -1.53. The second kappa shape index (κ2) is 5.85. The van der Waals surface area contributed by atoms with Crippen LogP contribution in [0.15, 0.2) is 22.8 Å². The van der Waals surface area contributed by atoms with Crippen molar-refractivity contribution in [1.82, 2.24) is 10.2 Å². The fourth-order valence-corrected chi connectivity index (χ4v) is 2.11. The summed E-state index contributed by atoms with van der Waals surface area (Å²) in [6.45, 7) is 6.70. The van der Waals surface area contributed by atoms with Gasteiger partial charge in [-0.2, -0.15) is 0 Å². The number of hydrogen-bond acceptors (Lipinski definition) is 5. The molecule has 0 spiro atoms. The first-order valence-electron chi connectivity index (χ1n) is 6.77. The minimum absolute atomic E-state index is 0.174. The summed E-state index contributed by atoms with van der Waals surface area (Å²) in [6.07, 6.45) is 0.617. The molecule has 0 bridgehead atoms. The van der Waals surface area contributed by atoms with E-state index in [-0.39, 0.29) is 18.7 Å². The lowest BCUT2D eigenvalue weighted by Crippen LogP contribution is -2.39. The number of aliphatic hydroxyl groups is 1. The first-order valence-corrected chi connectivity index (χ1v) is 6.77. The van der Waals surface area contributed by atoms with Crippen LogP contribution in [0.3, 0.4) is 0 Å². The quantitative estimate of drug-likeness (QED) is 0.875. The topological polar surface area (TPSA) is 74.9 Å². The van der Waals surface area contributed by atoms with E-state index in [9.17, 15) is 9.90 Å².